The summed E-state index contributed by atoms with van der Waals surface area (Å²) < 4.78 is 5.19. The van der Waals surface area contributed by atoms with E-state index in [9.17, 15) is 9.90 Å². The first-order valence-corrected chi connectivity index (χ1v) is 11.6. The van der Waals surface area contributed by atoms with Gasteiger partial charge in [0, 0.05) is 22.7 Å². The molecule has 4 aliphatic rings. The smallest absolute Gasteiger partial charge is 0.416 e. The quantitative estimate of drug-likeness (QED) is 0.797. The predicted molar refractivity (Wildman–Crippen MR) is 117 cm³/mol. The van der Waals surface area contributed by atoms with E-state index >= 15 is 0 Å². The number of hydrogen-bond acceptors (Lipinski definition) is 5. The first-order valence-electron chi connectivity index (χ1n) is 10.8. The number of ether oxygens (including phenoxy) is 1. The number of piperidine rings is 1. The van der Waals surface area contributed by atoms with Gasteiger partial charge in [-0.2, -0.15) is 0 Å². The standard InChI is InChI=1S/C24H26N2O3S/c1-29-22(27)26-19-10-6-5-9-18(19)24-20-13-16(14-23(24,26)28)11-12-25(20)15-21(24)30-17-7-3-2-4-8-17/h2-10,16,20-21,28H,11-15H2,1H3/t16-,20+,21+,23+,24+/m0/s1. The number of nitrogens with zero attached hydrogens (tertiary/aromatic N) is 2. The summed E-state index contributed by atoms with van der Waals surface area (Å²) in [6.07, 6.45) is 2.29. The zero-order chi connectivity index (χ0) is 20.5. The average molecular weight is 423 g/mol. The average Bonchev–Trinajstić information content (AvgIpc) is 3.22. The fourth-order valence-electron chi connectivity index (χ4n) is 6.83. The molecule has 1 aliphatic carbocycles. The van der Waals surface area contributed by atoms with Gasteiger partial charge < -0.3 is 9.84 Å². The van der Waals surface area contributed by atoms with E-state index in [1.54, 1.807) is 4.90 Å². The van der Waals surface area contributed by atoms with Crippen LogP contribution in [-0.2, 0) is 10.2 Å². The fourth-order valence-corrected chi connectivity index (χ4v) is 8.40. The fraction of sp³-hybridized carbons (Fsp3) is 0.458. The van der Waals surface area contributed by atoms with Crippen LogP contribution >= 0.6 is 11.8 Å². The first kappa shape index (κ1) is 18.7. The van der Waals surface area contributed by atoms with Crippen LogP contribution in [0.3, 0.4) is 0 Å². The Morgan fingerprint density at radius 1 is 1.17 bits per heavy atom. The second-order valence-electron chi connectivity index (χ2n) is 9.03. The van der Waals surface area contributed by atoms with Crippen molar-refractivity contribution in [3.8, 4) is 0 Å². The Morgan fingerprint density at radius 2 is 1.93 bits per heavy atom. The van der Waals surface area contributed by atoms with Crippen molar-refractivity contribution in [2.45, 2.75) is 46.6 Å². The van der Waals surface area contributed by atoms with Crippen LogP contribution in [-0.4, -0.2) is 53.3 Å². The van der Waals surface area contributed by atoms with Crippen LogP contribution in [0.25, 0.3) is 0 Å². The summed E-state index contributed by atoms with van der Waals surface area (Å²) in [6.45, 7) is 1.99. The summed E-state index contributed by atoms with van der Waals surface area (Å²) in [7, 11) is 1.40. The van der Waals surface area contributed by atoms with Crippen molar-refractivity contribution in [2.24, 2.45) is 5.92 Å². The number of methoxy groups -OCH3 is 1. The van der Waals surface area contributed by atoms with Crippen molar-refractivity contribution in [3.05, 3.63) is 60.2 Å². The number of carbonyl (C=O) groups is 1. The topological polar surface area (TPSA) is 53.0 Å². The van der Waals surface area contributed by atoms with Crippen LogP contribution in [0.1, 0.15) is 24.8 Å². The van der Waals surface area contributed by atoms with Crippen LogP contribution in [0.15, 0.2) is 59.5 Å². The first-order chi connectivity index (χ1) is 14.6. The number of amides is 1. The lowest BCUT2D eigenvalue weighted by Gasteiger charge is -2.56. The second-order valence-corrected chi connectivity index (χ2v) is 10.3. The molecule has 6 rings (SSSR count). The van der Waals surface area contributed by atoms with Crippen LogP contribution < -0.4 is 4.90 Å². The van der Waals surface area contributed by atoms with Gasteiger partial charge in [-0.05, 0) is 55.5 Å². The van der Waals surface area contributed by atoms with E-state index in [4.69, 9.17) is 4.74 Å². The molecule has 0 aromatic heterocycles. The third-order valence-electron chi connectivity index (χ3n) is 7.83. The maximum absolute atomic E-state index is 13.0. The molecular formula is C24H26N2O3S. The lowest BCUT2D eigenvalue weighted by Crippen LogP contribution is -2.71. The molecule has 5 nitrogen and oxygen atoms in total. The molecule has 2 bridgehead atoms. The molecule has 3 fully saturated rings. The minimum Gasteiger partial charge on any atom is -0.452 e. The molecule has 1 N–H and O–H groups in total. The van der Waals surface area contributed by atoms with Gasteiger partial charge in [0.15, 0.2) is 5.72 Å². The number of fused-ring (bicyclic) bond motifs is 2. The van der Waals surface area contributed by atoms with Crippen molar-refractivity contribution in [1.82, 2.24) is 4.90 Å². The van der Waals surface area contributed by atoms with Gasteiger partial charge in [0.2, 0.25) is 0 Å². The van der Waals surface area contributed by atoms with Gasteiger partial charge >= 0.3 is 6.09 Å². The highest BCUT2D eigenvalue weighted by Gasteiger charge is 2.76. The molecule has 5 atom stereocenters. The van der Waals surface area contributed by atoms with Gasteiger partial charge in [0.05, 0.1) is 18.2 Å². The van der Waals surface area contributed by atoms with Crippen LogP contribution in [0.4, 0.5) is 10.5 Å². The van der Waals surface area contributed by atoms with E-state index in [0.29, 0.717) is 12.3 Å². The number of anilines is 1. The molecule has 0 radical (unpaired) electrons. The third kappa shape index (κ3) is 2.19. The largest absolute Gasteiger partial charge is 0.452 e. The highest BCUT2D eigenvalue weighted by molar-refractivity contribution is 8.00. The molecule has 3 heterocycles. The molecule has 2 saturated heterocycles. The Labute approximate surface area is 181 Å². The highest BCUT2D eigenvalue weighted by atomic mass is 32.2. The van der Waals surface area contributed by atoms with Crippen molar-refractivity contribution in [2.75, 3.05) is 25.1 Å². The van der Waals surface area contributed by atoms with E-state index in [0.717, 1.165) is 37.2 Å². The maximum atomic E-state index is 13.0. The van der Waals surface area contributed by atoms with Crippen molar-refractivity contribution in [3.63, 3.8) is 0 Å². The molecule has 6 heteroatoms. The van der Waals surface area contributed by atoms with Crippen molar-refractivity contribution < 1.29 is 14.6 Å². The Balaban J connectivity index is 1.59. The molecule has 2 aromatic rings. The predicted octanol–water partition coefficient (Wildman–Crippen LogP) is 3.86. The molecule has 3 aliphatic heterocycles. The summed E-state index contributed by atoms with van der Waals surface area (Å²) in [4.78, 5) is 18.4. The zero-order valence-corrected chi connectivity index (χ0v) is 17.8. The third-order valence-corrected chi connectivity index (χ3v) is 9.18. The molecule has 30 heavy (non-hydrogen) atoms. The molecule has 1 spiro atoms. The van der Waals surface area contributed by atoms with Gasteiger partial charge in [-0.15, -0.1) is 11.8 Å². The minimum absolute atomic E-state index is 0.143. The number of benzene rings is 2. The molecule has 1 amide bonds. The van der Waals surface area contributed by atoms with Crippen LogP contribution in [0.2, 0.25) is 0 Å². The lowest BCUT2D eigenvalue weighted by molar-refractivity contribution is -0.104. The van der Waals surface area contributed by atoms with E-state index in [1.165, 1.54) is 12.0 Å². The number of aliphatic hydroxyl groups is 1. The Kier molecular flexibility index (Phi) is 4.05. The number of hydrogen-bond donors (Lipinski definition) is 1. The summed E-state index contributed by atoms with van der Waals surface area (Å²) in [5.41, 5.74) is 0.0906. The normalized spacial score (nSPS) is 36.3. The van der Waals surface area contributed by atoms with Gasteiger partial charge in [-0.25, -0.2) is 9.69 Å². The monoisotopic (exact) mass is 422 g/mol. The number of para-hydroxylation sites is 1. The molecule has 156 valence electrons. The van der Waals surface area contributed by atoms with Crippen LogP contribution in [0.5, 0.6) is 0 Å². The summed E-state index contributed by atoms with van der Waals surface area (Å²) in [5, 5.41) is 12.7. The summed E-state index contributed by atoms with van der Waals surface area (Å²) >= 11 is 1.84. The zero-order valence-electron chi connectivity index (χ0n) is 17.0. The highest BCUT2D eigenvalue weighted by Crippen LogP contribution is 2.67. The van der Waals surface area contributed by atoms with Gasteiger partial charge in [0.1, 0.15) is 0 Å². The molecule has 1 saturated carbocycles. The number of thioether (sulfide) groups is 1. The van der Waals surface area contributed by atoms with Crippen molar-refractivity contribution in [1.29, 1.82) is 0 Å². The number of carbonyl (C=O) groups excluding carboxylic acids is 1. The Morgan fingerprint density at radius 3 is 2.73 bits per heavy atom. The Bertz CT molecular complexity index is 1000. The van der Waals surface area contributed by atoms with Crippen LogP contribution in [0, 0.1) is 5.92 Å². The lowest BCUT2D eigenvalue weighted by atomic mass is 9.58. The molecule has 2 aromatic carbocycles. The molecule has 0 unspecified atom stereocenters. The summed E-state index contributed by atoms with van der Waals surface area (Å²) in [6, 6.07) is 18.8. The van der Waals surface area contributed by atoms with E-state index in [-0.39, 0.29) is 11.3 Å². The number of rotatable bonds is 2. The minimum atomic E-state index is -1.28. The van der Waals surface area contributed by atoms with Gasteiger partial charge in [-0.3, -0.25) is 4.90 Å². The van der Waals surface area contributed by atoms with E-state index in [1.807, 2.05) is 36.0 Å². The van der Waals surface area contributed by atoms with Gasteiger partial charge in [0.25, 0.3) is 0 Å². The maximum Gasteiger partial charge on any atom is 0.416 e. The Hall–Kier alpha value is -2.02. The molecular weight excluding hydrogens is 396 g/mol. The van der Waals surface area contributed by atoms with E-state index < -0.39 is 17.2 Å². The van der Waals surface area contributed by atoms with Gasteiger partial charge in [-0.1, -0.05) is 36.4 Å². The SMILES string of the molecule is COC(=O)N1c2ccccc2[C@]23[C@H](Sc4ccccc4)CN4CC[C@@H](C[C@@H]42)C[C@]13O. The summed E-state index contributed by atoms with van der Waals surface area (Å²) in [5.74, 6) is 0.423. The van der Waals surface area contributed by atoms with Crippen molar-refractivity contribution >= 4 is 23.5 Å². The second kappa shape index (κ2) is 6.49. The van der Waals surface area contributed by atoms with E-state index in [2.05, 4.69) is 35.2 Å².